The average molecular weight is 747 g/mol. The summed E-state index contributed by atoms with van der Waals surface area (Å²) in [5.41, 5.74) is 9.67. The number of methoxy groups -OCH3 is 2. The van der Waals surface area contributed by atoms with E-state index in [2.05, 4.69) is 71.0 Å². The van der Waals surface area contributed by atoms with E-state index in [1.165, 1.54) is 136 Å². The Balaban J connectivity index is 0.000000956. The van der Waals surface area contributed by atoms with Gasteiger partial charge in [0.05, 0.1) is 14.2 Å². The third-order valence-corrected chi connectivity index (χ3v) is 17.7. The van der Waals surface area contributed by atoms with Gasteiger partial charge in [-0.25, -0.2) is 0 Å². The van der Waals surface area contributed by atoms with Gasteiger partial charge in [0.25, 0.3) is 0 Å². The van der Waals surface area contributed by atoms with Crippen LogP contribution in [0.3, 0.4) is 0 Å². The Labute approximate surface area is 316 Å². The summed E-state index contributed by atoms with van der Waals surface area (Å²) in [5, 5.41) is 4.81. The quantitative estimate of drug-likeness (QED) is 0.110. The van der Waals surface area contributed by atoms with Crippen LogP contribution in [0, 0.1) is 42.5 Å². The molecule has 0 aliphatic heterocycles. The van der Waals surface area contributed by atoms with E-state index in [0.717, 1.165) is 28.5 Å². The number of rotatable bonds is 9. The molecule has 0 unspecified atom stereocenters. The van der Waals surface area contributed by atoms with Crippen molar-refractivity contribution in [2.45, 2.75) is 154 Å². The third kappa shape index (κ3) is 10.7. The van der Waals surface area contributed by atoms with Crippen molar-refractivity contribution in [2.24, 2.45) is 0 Å². The van der Waals surface area contributed by atoms with E-state index in [0.29, 0.717) is 0 Å². The fourth-order valence-electron chi connectivity index (χ4n) is 9.13. The SMILES string of the molecule is C1=CCCC1.COc1c(C)cc(P(C2=C([C@H](C)P(C3CCCCC3)C3CCCCC3)CCC2)c2cc(C)c(OC)c(C)c2)cc1C.[CH3-].[CH3-].[Fe+2]. The standard InChI is InChI=1S/C37H54O2P2.C5H8.2CH3.Fe/c1-25-21-32(22-26(2)36(25)38-6)41(33-23-27(3)37(39-7)28(4)24-33)35-20-14-19-34(35)29(5)40(30-15-10-8-11-16-30)31-17-12-9-13-18-31;1-2-4-5-3-1;;;/h21-24,29-31H,8-20H2,1-7H3;1-2H,3-5H2;2*1H3;/q;;2*-1;+2/t29-;;;;/m0..../s1. The number of hydrogen-bond donors (Lipinski definition) is 0. The molecule has 2 saturated carbocycles. The number of allylic oxidation sites excluding steroid dienone is 4. The average Bonchev–Trinajstić information content (AvgIpc) is 3.79. The second-order valence-electron chi connectivity index (χ2n) is 14.5. The number of hydrogen-bond acceptors (Lipinski definition) is 2. The van der Waals surface area contributed by atoms with Gasteiger partial charge in [0.15, 0.2) is 0 Å². The predicted molar refractivity (Wildman–Crippen MR) is 218 cm³/mol. The fraction of sp³-hybridized carbons (Fsp3) is 0.591. The smallest absolute Gasteiger partial charge is 0.496 e. The molecule has 0 N–H and O–H groups in total. The van der Waals surface area contributed by atoms with Gasteiger partial charge in [-0.2, -0.15) is 0 Å². The first-order valence-electron chi connectivity index (χ1n) is 18.6. The zero-order chi connectivity index (χ0) is 32.6. The van der Waals surface area contributed by atoms with Crippen LogP contribution >= 0.6 is 15.8 Å². The molecule has 0 radical (unpaired) electrons. The first kappa shape index (κ1) is 44.1. The molecule has 6 rings (SSSR count). The van der Waals surface area contributed by atoms with Crippen molar-refractivity contribution in [3.8, 4) is 11.5 Å². The molecule has 4 aliphatic rings. The van der Waals surface area contributed by atoms with Crippen molar-refractivity contribution >= 4 is 26.5 Å². The third-order valence-electron chi connectivity index (χ3n) is 11.2. The maximum absolute atomic E-state index is 5.82. The van der Waals surface area contributed by atoms with Gasteiger partial charge in [-0.1, -0.05) is 71.1 Å². The molecule has 1 atom stereocenters. The number of benzene rings is 2. The van der Waals surface area contributed by atoms with Crippen LogP contribution in [0.1, 0.15) is 132 Å². The summed E-state index contributed by atoms with van der Waals surface area (Å²) in [7, 11) is 3.03. The summed E-state index contributed by atoms with van der Waals surface area (Å²) in [6, 6.07) is 9.80. The first-order chi connectivity index (χ1) is 22.3. The van der Waals surface area contributed by atoms with Gasteiger partial charge in [0.2, 0.25) is 0 Å². The van der Waals surface area contributed by atoms with E-state index >= 15 is 0 Å². The minimum atomic E-state index is -0.604. The molecule has 2 aromatic carbocycles. The van der Waals surface area contributed by atoms with E-state index < -0.39 is 7.92 Å². The molecule has 0 spiro atoms. The van der Waals surface area contributed by atoms with Crippen molar-refractivity contribution < 1.29 is 26.5 Å². The van der Waals surface area contributed by atoms with E-state index in [9.17, 15) is 0 Å². The molecular weight excluding hydrogens is 678 g/mol. The van der Waals surface area contributed by atoms with Crippen LogP contribution in [0.2, 0.25) is 0 Å². The molecule has 0 heterocycles. The van der Waals surface area contributed by atoms with Crippen LogP contribution in [0.25, 0.3) is 0 Å². The maximum atomic E-state index is 5.82. The minimum absolute atomic E-state index is 0. The van der Waals surface area contributed by atoms with Crippen molar-refractivity contribution in [3.05, 3.63) is 84.4 Å². The molecule has 0 amide bonds. The van der Waals surface area contributed by atoms with Gasteiger partial charge in [0, 0.05) is 0 Å². The summed E-state index contributed by atoms with van der Waals surface area (Å²) in [6.45, 7) is 11.6. The Kier molecular flexibility index (Phi) is 19.3. The van der Waals surface area contributed by atoms with Gasteiger partial charge in [-0.15, -0.1) is 0 Å². The summed E-state index contributed by atoms with van der Waals surface area (Å²) in [5.74, 6) is 2.08. The molecular formula is C44H68FeO2P2. The summed E-state index contributed by atoms with van der Waals surface area (Å²) >= 11 is 0. The largest absolute Gasteiger partial charge is 2.00 e. The normalized spacial score (nSPS) is 18.7. The molecule has 2 fully saturated rings. The Bertz CT molecular complexity index is 1240. The molecule has 2 aromatic rings. The Hall–Kier alpha value is -1.10. The molecule has 4 aliphatic carbocycles. The molecule has 5 heteroatoms. The van der Waals surface area contributed by atoms with E-state index in [4.69, 9.17) is 9.47 Å². The Morgan fingerprint density at radius 2 is 1.00 bits per heavy atom. The molecule has 274 valence electrons. The zero-order valence-corrected chi connectivity index (χ0v) is 35.5. The molecule has 0 saturated heterocycles. The van der Waals surface area contributed by atoms with Gasteiger partial charge < -0.3 is 24.3 Å². The van der Waals surface area contributed by atoms with E-state index in [-0.39, 0.29) is 39.8 Å². The summed E-state index contributed by atoms with van der Waals surface area (Å²) in [4.78, 5) is 0. The van der Waals surface area contributed by atoms with Gasteiger partial charge >= 0.3 is 17.1 Å². The topological polar surface area (TPSA) is 18.5 Å². The predicted octanol–water partition coefficient (Wildman–Crippen LogP) is 13.0. The van der Waals surface area contributed by atoms with Gasteiger partial charge in [-0.05, 0) is 179 Å². The van der Waals surface area contributed by atoms with Crippen molar-refractivity contribution in [1.82, 2.24) is 0 Å². The Morgan fingerprint density at radius 3 is 1.35 bits per heavy atom. The van der Waals surface area contributed by atoms with Gasteiger partial charge in [-0.3, -0.25) is 0 Å². The summed E-state index contributed by atoms with van der Waals surface area (Å²) in [6.07, 6.45) is 27.2. The van der Waals surface area contributed by atoms with Crippen molar-refractivity contribution in [2.75, 3.05) is 14.2 Å². The van der Waals surface area contributed by atoms with E-state index in [1.54, 1.807) is 5.31 Å². The van der Waals surface area contributed by atoms with E-state index in [1.807, 2.05) is 19.8 Å². The molecule has 49 heavy (non-hydrogen) atoms. The summed E-state index contributed by atoms with van der Waals surface area (Å²) < 4.78 is 11.6. The molecule has 0 bridgehead atoms. The maximum Gasteiger partial charge on any atom is 2.00 e. The monoisotopic (exact) mass is 746 g/mol. The van der Waals surface area contributed by atoms with Crippen LogP contribution in [-0.4, -0.2) is 31.2 Å². The first-order valence-corrected chi connectivity index (χ1v) is 21.5. The van der Waals surface area contributed by atoms with Crippen LogP contribution in [0.15, 0.2) is 47.3 Å². The molecule has 0 aromatic heterocycles. The van der Waals surface area contributed by atoms with Crippen LogP contribution in [0.5, 0.6) is 11.5 Å². The van der Waals surface area contributed by atoms with Crippen molar-refractivity contribution in [1.29, 1.82) is 0 Å². The van der Waals surface area contributed by atoms with Crippen LogP contribution in [0.4, 0.5) is 0 Å². The van der Waals surface area contributed by atoms with Crippen LogP contribution in [-0.2, 0) is 17.1 Å². The number of ether oxygens (including phenoxy) is 2. The fourth-order valence-corrected chi connectivity index (χ4v) is 16.9. The van der Waals surface area contributed by atoms with Crippen molar-refractivity contribution in [3.63, 3.8) is 0 Å². The van der Waals surface area contributed by atoms with Crippen LogP contribution < -0.4 is 20.1 Å². The second-order valence-corrected chi connectivity index (χ2v) is 19.9. The molecule has 2 nitrogen and oxygen atoms in total. The number of aryl methyl sites for hydroxylation is 4. The van der Waals surface area contributed by atoms with Gasteiger partial charge in [0.1, 0.15) is 11.5 Å². The second kappa shape index (κ2) is 21.4. The minimum Gasteiger partial charge on any atom is -0.496 e. The Morgan fingerprint density at radius 1 is 0.592 bits per heavy atom. The zero-order valence-electron chi connectivity index (χ0n) is 32.6.